The van der Waals surface area contributed by atoms with Gasteiger partial charge in [0, 0.05) is 22.3 Å². The second-order valence-corrected chi connectivity index (χ2v) is 9.01. The highest BCUT2D eigenvalue weighted by Gasteiger charge is 2.22. The van der Waals surface area contributed by atoms with Crippen molar-refractivity contribution in [2.45, 2.75) is 25.7 Å². The summed E-state index contributed by atoms with van der Waals surface area (Å²) in [4.78, 5) is 50.9. The average Bonchev–Trinajstić information content (AvgIpc) is 2.95. The molecule has 0 aromatic heterocycles. The van der Waals surface area contributed by atoms with E-state index in [1.807, 2.05) is 24.3 Å². The number of rotatable bonds is 11. The molecule has 190 valence electrons. The van der Waals surface area contributed by atoms with Gasteiger partial charge in [0.05, 0.1) is 11.1 Å². The molecule has 0 bridgehead atoms. The van der Waals surface area contributed by atoms with Gasteiger partial charge in [-0.25, -0.2) is 0 Å². The number of nitrogens with two attached hydrogens (primary N) is 2. The number of ketones is 2. The van der Waals surface area contributed by atoms with Crippen molar-refractivity contribution >= 4 is 23.4 Å². The third-order valence-corrected chi connectivity index (χ3v) is 6.50. The SMILES string of the molecule is NC(=O)c1cccc(CCCCc2cccc(C(N)=O)c2C(=O)c2ccccc2)c1C(=O)c1ccccc1. The molecular weight excluding hydrogens is 476 g/mol. The average molecular weight is 505 g/mol. The van der Waals surface area contributed by atoms with Gasteiger partial charge in [0.2, 0.25) is 11.8 Å². The molecule has 2 amide bonds. The first-order chi connectivity index (χ1) is 18.4. The van der Waals surface area contributed by atoms with Gasteiger partial charge in [0.1, 0.15) is 0 Å². The van der Waals surface area contributed by atoms with E-state index in [1.165, 1.54) is 0 Å². The summed E-state index contributed by atoms with van der Waals surface area (Å²) in [6, 6.07) is 27.8. The van der Waals surface area contributed by atoms with Gasteiger partial charge in [-0.15, -0.1) is 0 Å². The number of hydrogen-bond donors (Lipinski definition) is 2. The smallest absolute Gasteiger partial charge is 0.249 e. The fourth-order valence-electron chi connectivity index (χ4n) is 4.66. The number of benzene rings is 4. The maximum Gasteiger partial charge on any atom is 0.249 e. The minimum Gasteiger partial charge on any atom is -0.366 e. The molecule has 0 saturated carbocycles. The predicted octanol–water partition coefficient (Wildman–Crippen LogP) is 4.91. The van der Waals surface area contributed by atoms with Crippen molar-refractivity contribution in [3.8, 4) is 0 Å². The van der Waals surface area contributed by atoms with E-state index in [0.717, 1.165) is 11.1 Å². The van der Waals surface area contributed by atoms with Gasteiger partial charge in [-0.3, -0.25) is 19.2 Å². The van der Waals surface area contributed by atoms with Crippen molar-refractivity contribution in [3.63, 3.8) is 0 Å². The fraction of sp³-hybridized carbons (Fsp3) is 0.125. The van der Waals surface area contributed by atoms with Crippen LogP contribution in [0.15, 0.2) is 97.1 Å². The quantitative estimate of drug-likeness (QED) is 0.223. The molecule has 0 aliphatic heterocycles. The first-order valence-electron chi connectivity index (χ1n) is 12.4. The van der Waals surface area contributed by atoms with Crippen LogP contribution in [0.1, 0.15) is 76.5 Å². The Morgan fingerprint density at radius 1 is 0.474 bits per heavy atom. The first-order valence-corrected chi connectivity index (χ1v) is 12.4. The summed E-state index contributed by atoms with van der Waals surface area (Å²) in [5.74, 6) is -1.81. The molecule has 0 spiro atoms. The van der Waals surface area contributed by atoms with E-state index in [1.54, 1.807) is 72.8 Å². The molecule has 4 aromatic rings. The van der Waals surface area contributed by atoms with Crippen LogP contribution in [0.3, 0.4) is 0 Å². The maximum absolute atomic E-state index is 13.3. The molecule has 0 saturated heterocycles. The molecule has 0 aliphatic rings. The lowest BCUT2D eigenvalue weighted by Gasteiger charge is -2.14. The number of hydrogen-bond acceptors (Lipinski definition) is 4. The van der Waals surface area contributed by atoms with Crippen molar-refractivity contribution in [1.29, 1.82) is 0 Å². The molecule has 0 radical (unpaired) electrons. The van der Waals surface area contributed by atoms with E-state index in [0.29, 0.717) is 47.9 Å². The van der Waals surface area contributed by atoms with Crippen molar-refractivity contribution in [3.05, 3.63) is 142 Å². The van der Waals surface area contributed by atoms with E-state index in [9.17, 15) is 19.2 Å². The minimum atomic E-state index is -0.654. The summed E-state index contributed by atoms with van der Waals surface area (Å²) < 4.78 is 0. The third-order valence-electron chi connectivity index (χ3n) is 6.50. The molecule has 0 fully saturated rings. The lowest BCUT2D eigenvalue weighted by Crippen LogP contribution is -2.19. The largest absolute Gasteiger partial charge is 0.366 e. The zero-order chi connectivity index (χ0) is 27.1. The Morgan fingerprint density at radius 3 is 1.18 bits per heavy atom. The van der Waals surface area contributed by atoms with E-state index >= 15 is 0 Å². The number of primary amides is 2. The topological polar surface area (TPSA) is 120 Å². The third kappa shape index (κ3) is 5.76. The summed E-state index contributed by atoms with van der Waals surface area (Å²) in [5.41, 5.74) is 14.7. The van der Waals surface area contributed by atoms with Crippen LogP contribution < -0.4 is 11.5 Å². The Kier molecular flexibility index (Phi) is 8.23. The highest BCUT2D eigenvalue weighted by atomic mass is 16.2. The summed E-state index contributed by atoms with van der Waals surface area (Å²) in [6.07, 6.45) is 2.42. The second-order valence-electron chi connectivity index (χ2n) is 9.01. The summed E-state index contributed by atoms with van der Waals surface area (Å²) in [7, 11) is 0. The van der Waals surface area contributed by atoms with Crippen LogP contribution in [0.25, 0.3) is 0 Å². The number of unbranched alkanes of at least 4 members (excludes halogenated alkanes) is 1. The molecule has 0 atom stereocenters. The lowest BCUT2D eigenvalue weighted by atomic mass is 9.89. The van der Waals surface area contributed by atoms with Gasteiger partial charge in [0.25, 0.3) is 0 Å². The van der Waals surface area contributed by atoms with E-state index in [2.05, 4.69) is 0 Å². The standard InChI is InChI=1S/C32H28N2O4/c33-31(37)25-19-9-17-21(27(25)29(35)23-13-3-1-4-14-23)11-7-8-12-22-18-10-20-26(32(34)38)28(22)30(36)24-15-5-2-6-16-24/h1-6,9-10,13-20H,7-8,11-12H2,(H2,33,37)(H2,34,38). The number of carbonyl (C=O) groups is 4. The second kappa shape index (κ2) is 11.9. The van der Waals surface area contributed by atoms with Crippen LogP contribution in [-0.2, 0) is 12.8 Å². The Labute approximate surface area is 221 Å². The van der Waals surface area contributed by atoms with Crippen LogP contribution in [-0.4, -0.2) is 23.4 Å². The number of carbonyl (C=O) groups excluding carboxylic acids is 4. The molecule has 38 heavy (non-hydrogen) atoms. The Balaban J connectivity index is 1.56. The van der Waals surface area contributed by atoms with Crippen molar-refractivity contribution < 1.29 is 19.2 Å². The summed E-state index contributed by atoms with van der Waals surface area (Å²) >= 11 is 0. The van der Waals surface area contributed by atoms with Crippen LogP contribution in [0.2, 0.25) is 0 Å². The molecule has 4 rings (SSSR count). The van der Waals surface area contributed by atoms with Crippen molar-refractivity contribution in [2.75, 3.05) is 0 Å². The molecule has 0 aliphatic carbocycles. The van der Waals surface area contributed by atoms with Crippen LogP contribution in [0.4, 0.5) is 0 Å². The molecule has 4 N–H and O–H groups in total. The molecular formula is C32H28N2O4. The molecule has 6 nitrogen and oxygen atoms in total. The zero-order valence-electron chi connectivity index (χ0n) is 20.9. The maximum atomic E-state index is 13.3. The lowest BCUT2D eigenvalue weighted by molar-refractivity contribution is 0.0979. The number of amides is 2. The normalized spacial score (nSPS) is 10.6. The van der Waals surface area contributed by atoms with Crippen LogP contribution in [0, 0.1) is 0 Å². The van der Waals surface area contributed by atoms with Gasteiger partial charge >= 0.3 is 0 Å². The zero-order valence-corrected chi connectivity index (χ0v) is 20.9. The predicted molar refractivity (Wildman–Crippen MR) is 146 cm³/mol. The molecule has 0 heterocycles. The highest BCUT2D eigenvalue weighted by Crippen LogP contribution is 2.24. The van der Waals surface area contributed by atoms with Gasteiger partial charge in [0.15, 0.2) is 11.6 Å². The van der Waals surface area contributed by atoms with Crippen LogP contribution in [0.5, 0.6) is 0 Å². The Morgan fingerprint density at radius 2 is 0.842 bits per heavy atom. The van der Waals surface area contributed by atoms with Gasteiger partial charge < -0.3 is 11.5 Å². The van der Waals surface area contributed by atoms with Gasteiger partial charge in [-0.1, -0.05) is 84.9 Å². The van der Waals surface area contributed by atoms with Gasteiger partial charge in [-0.05, 0) is 48.9 Å². The Hall–Kier alpha value is -4.84. The summed E-state index contributed by atoms with van der Waals surface area (Å²) in [6.45, 7) is 0. The van der Waals surface area contributed by atoms with E-state index in [-0.39, 0.29) is 22.7 Å². The monoisotopic (exact) mass is 504 g/mol. The Bertz CT molecular complexity index is 1380. The fourth-order valence-corrected chi connectivity index (χ4v) is 4.66. The summed E-state index contributed by atoms with van der Waals surface area (Å²) in [5, 5.41) is 0. The molecule has 6 heteroatoms. The van der Waals surface area contributed by atoms with Crippen molar-refractivity contribution in [1.82, 2.24) is 0 Å². The van der Waals surface area contributed by atoms with Crippen LogP contribution >= 0.6 is 0 Å². The van der Waals surface area contributed by atoms with Gasteiger partial charge in [-0.2, -0.15) is 0 Å². The highest BCUT2D eigenvalue weighted by molar-refractivity contribution is 6.16. The molecule has 0 unspecified atom stereocenters. The van der Waals surface area contributed by atoms with Crippen molar-refractivity contribution in [2.24, 2.45) is 11.5 Å². The number of aryl methyl sites for hydroxylation is 2. The van der Waals surface area contributed by atoms with E-state index in [4.69, 9.17) is 11.5 Å². The molecule has 4 aromatic carbocycles. The minimum absolute atomic E-state index is 0.196. The first kappa shape index (κ1) is 26.2. The van der Waals surface area contributed by atoms with E-state index < -0.39 is 11.8 Å².